The van der Waals surface area contributed by atoms with Crippen LogP contribution in [0.3, 0.4) is 0 Å². The molecule has 0 aliphatic carbocycles. The summed E-state index contributed by atoms with van der Waals surface area (Å²) in [6.45, 7) is 3.86. The van der Waals surface area contributed by atoms with Gasteiger partial charge in [0.25, 0.3) is 0 Å². The summed E-state index contributed by atoms with van der Waals surface area (Å²) in [5.74, 6) is 0.488. The Bertz CT molecular complexity index is 662. The minimum Gasteiger partial charge on any atom is -0.387 e. The lowest BCUT2D eigenvalue weighted by Crippen LogP contribution is -2.23. The van der Waals surface area contributed by atoms with E-state index in [-0.39, 0.29) is 23.5 Å². The minimum atomic E-state index is -0.216. The molecule has 0 amide bonds. The largest absolute Gasteiger partial charge is 0.387 e. The van der Waals surface area contributed by atoms with Crippen molar-refractivity contribution in [2.45, 2.75) is 31.0 Å². The van der Waals surface area contributed by atoms with E-state index in [4.69, 9.17) is 11.1 Å². The first-order valence-electron chi connectivity index (χ1n) is 6.69. The van der Waals surface area contributed by atoms with E-state index in [0.29, 0.717) is 10.9 Å². The molecule has 0 aliphatic rings. The van der Waals surface area contributed by atoms with Crippen LogP contribution in [-0.2, 0) is 0 Å². The number of nitrogens with zero attached hydrogens (tertiary/aromatic N) is 2. The van der Waals surface area contributed by atoms with Crippen LogP contribution in [0, 0.1) is 5.41 Å². The molecule has 1 unspecified atom stereocenters. The Labute approximate surface area is 127 Å². The van der Waals surface area contributed by atoms with Crippen molar-refractivity contribution in [2.24, 2.45) is 5.73 Å². The van der Waals surface area contributed by atoms with Crippen molar-refractivity contribution < 1.29 is 0 Å². The molecule has 0 saturated carbocycles. The average Bonchev–Trinajstić information content (AvgIpc) is 2.81. The number of thioether (sulfide) groups is 1. The van der Waals surface area contributed by atoms with Crippen LogP contribution in [0.1, 0.15) is 31.4 Å². The number of rotatable bonds is 6. The van der Waals surface area contributed by atoms with Gasteiger partial charge in [0.2, 0.25) is 0 Å². The fourth-order valence-corrected chi connectivity index (χ4v) is 3.29. The number of nitrogens with two attached hydrogens (primary N) is 1. The number of aromatic amines is 1. The first-order chi connectivity index (χ1) is 10.0. The first kappa shape index (κ1) is 15.4. The van der Waals surface area contributed by atoms with Gasteiger partial charge in [0.1, 0.15) is 0 Å². The fourth-order valence-electron chi connectivity index (χ4n) is 2.06. The molecule has 0 spiro atoms. The highest BCUT2D eigenvalue weighted by molar-refractivity contribution is 7.99. The predicted molar refractivity (Wildman–Crippen MR) is 85.1 cm³/mol. The number of hydrogen-bond acceptors (Lipinski definition) is 4. The quantitative estimate of drug-likeness (QED) is 0.431. The van der Waals surface area contributed by atoms with Gasteiger partial charge in [-0.1, -0.05) is 42.1 Å². The third-order valence-corrected chi connectivity index (χ3v) is 4.19. The van der Waals surface area contributed by atoms with Crippen molar-refractivity contribution >= 4 is 17.6 Å². The molecule has 7 heteroatoms. The normalized spacial score (nSPS) is 12.5. The third kappa shape index (κ3) is 3.55. The maximum absolute atomic E-state index is 11.7. The zero-order valence-electron chi connectivity index (χ0n) is 12.0. The van der Waals surface area contributed by atoms with Gasteiger partial charge in [-0.05, 0) is 19.4 Å². The van der Waals surface area contributed by atoms with Gasteiger partial charge >= 0.3 is 5.69 Å². The molecule has 0 fully saturated rings. The highest BCUT2D eigenvalue weighted by atomic mass is 32.2. The highest BCUT2D eigenvalue weighted by Gasteiger charge is 2.18. The summed E-state index contributed by atoms with van der Waals surface area (Å²) in [6.07, 6.45) is 0. The second-order valence-corrected chi connectivity index (χ2v) is 5.99. The van der Waals surface area contributed by atoms with Gasteiger partial charge in [0, 0.05) is 11.8 Å². The summed E-state index contributed by atoms with van der Waals surface area (Å²) in [5.41, 5.74) is 6.49. The summed E-state index contributed by atoms with van der Waals surface area (Å²) in [7, 11) is 0. The molecular weight excluding hydrogens is 286 g/mol. The van der Waals surface area contributed by atoms with Crippen LogP contribution in [0.2, 0.25) is 0 Å². The SMILES string of the molecule is CC(C)n1c(SCC(C(=N)N)c2ccccc2)n[nH]c1=O. The van der Waals surface area contributed by atoms with Crippen molar-refractivity contribution in [3.8, 4) is 0 Å². The molecule has 1 aromatic carbocycles. The molecule has 4 N–H and O–H groups in total. The minimum absolute atomic E-state index is 0.0336. The fraction of sp³-hybridized carbons (Fsp3) is 0.357. The van der Waals surface area contributed by atoms with E-state index in [1.807, 2.05) is 44.2 Å². The van der Waals surface area contributed by atoms with Crippen molar-refractivity contribution in [1.29, 1.82) is 5.41 Å². The molecule has 1 aromatic heterocycles. The molecule has 0 aliphatic heterocycles. The molecule has 112 valence electrons. The Morgan fingerprint density at radius 2 is 2.10 bits per heavy atom. The monoisotopic (exact) mass is 305 g/mol. The number of hydrogen-bond donors (Lipinski definition) is 3. The zero-order valence-corrected chi connectivity index (χ0v) is 12.9. The van der Waals surface area contributed by atoms with Gasteiger partial charge in [-0.3, -0.25) is 9.98 Å². The number of aromatic nitrogens is 3. The van der Waals surface area contributed by atoms with E-state index < -0.39 is 0 Å². The second kappa shape index (κ2) is 6.62. The van der Waals surface area contributed by atoms with Crippen LogP contribution < -0.4 is 11.4 Å². The average molecular weight is 305 g/mol. The van der Waals surface area contributed by atoms with Gasteiger partial charge in [0.15, 0.2) is 5.16 Å². The Hall–Kier alpha value is -2.02. The van der Waals surface area contributed by atoms with E-state index in [2.05, 4.69) is 10.2 Å². The molecule has 1 heterocycles. The molecule has 2 aromatic rings. The second-order valence-electron chi connectivity index (χ2n) is 5.00. The smallest absolute Gasteiger partial charge is 0.344 e. The lowest BCUT2D eigenvalue weighted by atomic mass is 10.0. The summed E-state index contributed by atoms with van der Waals surface area (Å²) in [6, 6.07) is 9.71. The molecule has 0 radical (unpaired) electrons. The lowest BCUT2D eigenvalue weighted by Gasteiger charge is -2.16. The molecule has 21 heavy (non-hydrogen) atoms. The van der Waals surface area contributed by atoms with Gasteiger partial charge in [-0.15, -0.1) is 5.10 Å². The van der Waals surface area contributed by atoms with E-state index in [9.17, 15) is 4.79 Å². The molecule has 2 rings (SSSR count). The third-order valence-electron chi connectivity index (χ3n) is 3.14. The van der Waals surface area contributed by atoms with Crippen molar-refractivity contribution in [1.82, 2.24) is 14.8 Å². The van der Waals surface area contributed by atoms with E-state index in [1.54, 1.807) is 4.57 Å². The Morgan fingerprint density at radius 1 is 1.43 bits per heavy atom. The standard InChI is InChI=1S/C14H19N5OS/c1-9(2)19-13(20)17-18-14(19)21-8-11(12(15)16)10-6-4-3-5-7-10/h3-7,9,11H,8H2,1-2H3,(H3,15,16)(H,17,20). The van der Waals surface area contributed by atoms with E-state index >= 15 is 0 Å². The van der Waals surface area contributed by atoms with Gasteiger partial charge < -0.3 is 5.73 Å². The van der Waals surface area contributed by atoms with Crippen LogP contribution in [0.4, 0.5) is 0 Å². The topological polar surface area (TPSA) is 101 Å². The Morgan fingerprint density at radius 3 is 2.67 bits per heavy atom. The summed E-state index contributed by atoms with van der Waals surface area (Å²) >= 11 is 1.43. The van der Waals surface area contributed by atoms with Crippen LogP contribution >= 0.6 is 11.8 Å². The van der Waals surface area contributed by atoms with Gasteiger partial charge in [-0.25, -0.2) is 9.89 Å². The first-order valence-corrected chi connectivity index (χ1v) is 7.67. The zero-order chi connectivity index (χ0) is 15.4. The molecule has 1 atom stereocenters. The van der Waals surface area contributed by atoms with Gasteiger partial charge in [-0.2, -0.15) is 0 Å². The maximum Gasteiger partial charge on any atom is 0.344 e. The summed E-state index contributed by atoms with van der Waals surface area (Å²) < 4.78 is 1.60. The van der Waals surface area contributed by atoms with Crippen LogP contribution in [0.5, 0.6) is 0 Å². The van der Waals surface area contributed by atoms with Crippen LogP contribution in [0.15, 0.2) is 40.3 Å². The van der Waals surface area contributed by atoms with Crippen molar-refractivity contribution in [2.75, 3.05) is 5.75 Å². The molecular formula is C14H19N5OS. The predicted octanol–water partition coefficient (Wildman–Crippen LogP) is 1.96. The highest BCUT2D eigenvalue weighted by Crippen LogP contribution is 2.25. The maximum atomic E-state index is 11.7. The van der Waals surface area contributed by atoms with Crippen LogP contribution in [0.25, 0.3) is 0 Å². The number of H-pyrrole nitrogens is 1. The van der Waals surface area contributed by atoms with Gasteiger partial charge in [0.05, 0.1) is 11.8 Å². The van der Waals surface area contributed by atoms with Crippen molar-refractivity contribution in [3.63, 3.8) is 0 Å². The summed E-state index contributed by atoms with van der Waals surface area (Å²) in [4.78, 5) is 11.7. The van der Waals surface area contributed by atoms with E-state index in [1.165, 1.54) is 11.8 Å². The lowest BCUT2D eigenvalue weighted by molar-refractivity contribution is 0.534. The number of amidine groups is 1. The number of benzene rings is 1. The van der Waals surface area contributed by atoms with Crippen molar-refractivity contribution in [3.05, 3.63) is 46.4 Å². The molecule has 6 nitrogen and oxygen atoms in total. The Balaban J connectivity index is 2.17. The molecule has 0 bridgehead atoms. The van der Waals surface area contributed by atoms with E-state index in [0.717, 1.165) is 5.56 Å². The Kier molecular flexibility index (Phi) is 4.85. The number of nitrogens with one attached hydrogen (secondary N) is 2. The molecule has 0 saturated heterocycles. The summed E-state index contributed by atoms with van der Waals surface area (Å²) in [5, 5.41) is 14.9. The van der Waals surface area contributed by atoms with Crippen LogP contribution in [-0.4, -0.2) is 26.4 Å².